The molecule has 3 N–H and O–H groups in total. The molecule has 0 saturated heterocycles. The molecule has 61 heavy (non-hydrogen) atoms. The van der Waals surface area contributed by atoms with E-state index in [9.17, 15) is 19.8 Å². The summed E-state index contributed by atoms with van der Waals surface area (Å²) < 4.78 is 5.93. The fourth-order valence-corrected chi connectivity index (χ4v) is 8.66. The summed E-state index contributed by atoms with van der Waals surface area (Å²) >= 11 is 0. The molecule has 0 aliphatic rings. The monoisotopic (exact) mass is 862 g/mol. The van der Waals surface area contributed by atoms with E-state index in [-0.39, 0.29) is 24.9 Å². The van der Waals surface area contributed by atoms with Gasteiger partial charge in [0.25, 0.3) is 0 Å². The molecule has 0 spiro atoms. The fourth-order valence-electron chi connectivity index (χ4n) is 8.66. The summed E-state index contributed by atoms with van der Waals surface area (Å²) in [6.45, 7) is 6.50. The highest BCUT2D eigenvalue weighted by Gasteiger charge is 2.24. The van der Waals surface area contributed by atoms with Gasteiger partial charge in [-0.15, -0.1) is 0 Å². The lowest BCUT2D eigenvalue weighted by Gasteiger charge is -2.24. The van der Waals surface area contributed by atoms with E-state index in [0.29, 0.717) is 19.3 Å². The topological polar surface area (TPSA) is 95.9 Å². The Morgan fingerprint density at radius 2 is 0.787 bits per heavy atom. The van der Waals surface area contributed by atoms with E-state index in [2.05, 4.69) is 38.2 Å². The molecule has 0 fully saturated rings. The Morgan fingerprint density at radius 1 is 0.459 bits per heavy atom. The average Bonchev–Trinajstić information content (AvgIpc) is 3.25. The third kappa shape index (κ3) is 45.0. The minimum atomic E-state index is -0.786. The molecule has 3 unspecified atom stereocenters. The summed E-state index contributed by atoms with van der Waals surface area (Å²) in [4.78, 5) is 26.1. The van der Waals surface area contributed by atoms with Gasteiger partial charge in [0.05, 0.1) is 25.2 Å². The fraction of sp³-hybridized carbons (Fsp3) is 0.927. The zero-order valence-corrected chi connectivity index (χ0v) is 41.3. The van der Waals surface area contributed by atoms with Crippen LogP contribution in [0, 0.1) is 0 Å². The maximum atomic E-state index is 13.2. The molecule has 362 valence electrons. The predicted molar refractivity (Wildman–Crippen MR) is 264 cm³/mol. The first-order valence-electron chi connectivity index (χ1n) is 27.4. The van der Waals surface area contributed by atoms with Gasteiger partial charge in [-0.25, -0.2) is 0 Å². The normalized spacial score (nSPS) is 13.2. The quantitative estimate of drug-likeness (QED) is 0.0322. The molecule has 0 aromatic rings. The van der Waals surface area contributed by atoms with Crippen molar-refractivity contribution in [2.45, 2.75) is 322 Å². The Hall–Kier alpha value is -1.40. The number of carbonyl (C=O) groups excluding carboxylic acids is 2. The lowest BCUT2D eigenvalue weighted by Crippen LogP contribution is -2.46. The van der Waals surface area contributed by atoms with Gasteiger partial charge < -0.3 is 20.3 Å². The minimum absolute atomic E-state index is 0.0741. The van der Waals surface area contributed by atoms with E-state index >= 15 is 0 Å². The lowest BCUT2D eigenvalue weighted by molar-refractivity contribution is -0.151. The van der Waals surface area contributed by atoms with Crippen molar-refractivity contribution >= 4 is 11.9 Å². The highest BCUT2D eigenvalue weighted by atomic mass is 16.5. The largest absolute Gasteiger partial charge is 0.462 e. The molecular weight excluding hydrogens is 755 g/mol. The van der Waals surface area contributed by atoms with Crippen molar-refractivity contribution < 1.29 is 24.5 Å². The van der Waals surface area contributed by atoms with Crippen LogP contribution in [0.2, 0.25) is 0 Å². The van der Waals surface area contributed by atoms with E-state index in [1.54, 1.807) is 0 Å². The molecule has 0 aromatic heterocycles. The smallest absolute Gasteiger partial charge is 0.306 e. The molecule has 6 heteroatoms. The Morgan fingerprint density at radius 3 is 1.18 bits per heavy atom. The Bertz CT molecular complexity index is 924. The minimum Gasteiger partial charge on any atom is -0.462 e. The van der Waals surface area contributed by atoms with Gasteiger partial charge in [-0.05, 0) is 51.4 Å². The van der Waals surface area contributed by atoms with Crippen molar-refractivity contribution in [3.8, 4) is 0 Å². The van der Waals surface area contributed by atoms with E-state index in [4.69, 9.17) is 4.74 Å². The number of ether oxygens (including phenoxy) is 1. The Balaban J connectivity index is 4.49. The van der Waals surface area contributed by atoms with Crippen LogP contribution in [0.5, 0.6) is 0 Å². The third-order valence-corrected chi connectivity index (χ3v) is 12.8. The second kappa shape index (κ2) is 49.6. The first kappa shape index (κ1) is 59.6. The molecule has 0 aliphatic carbocycles. The number of aliphatic hydroxyl groups is 2. The molecular formula is C55H107NO5. The van der Waals surface area contributed by atoms with Crippen molar-refractivity contribution in [3.05, 3.63) is 12.2 Å². The van der Waals surface area contributed by atoms with Gasteiger partial charge in [-0.3, -0.25) is 9.59 Å². The summed E-state index contributed by atoms with van der Waals surface area (Å²) in [5.74, 6) is -0.472. The van der Waals surface area contributed by atoms with Gasteiger partial charge in [0.15, 0.2) is 0 Å². The van der Waals surface area contributed by atoms with Crippen LogP contribution in [-0.2, 0) is 14.3 Å². The summed E-state index contributed by atoms with van der Waals surface area (Å²) in [7, 11) is 0. The van der Waals surface area contributed by atoms with Gasteiger partial charge in [0.2, 0.25) is 5.91 Å². The van der Waals surface area contributed by atoms with E-state index in [1.165, 1.54) is 199 Å². The van der Waals surface area contributed by atoms with Crippen LogP contribution in [0.3, 0.4) is 0 Å². The van der Waals surface area contributed by atoms with E-state index in [0.717, 1.165) is 57.8 Å². The van der Waals surface area contributed by atoms with Gasteiger partial charge in [0, 0.05) is 6.42 Å². The number of amides is 1. The van der Waals surface area contributed by atoms with Crippen LogP contribution in [0.15, 0.2) is 12.2 Å². The summed E-state index contributed by atoms with van der Waals surface area (Å²) in [5, 5.41) is 23.8. The maximum Gasteiger partial charge on any atom is 0.306 e. The van der Waals surface area contributed by atoms with Gasteiger partial charge in [0.1, 0.15) is 6.10 Å². The van der Waals surface area contributed by atoms with Crippen LogP contribution in [-0.4, -0.2) is 46.9 Å². The number of nitrogens with one attached hydrogen (secondary N) is 1. The van der Waals surface area contributed by atoms with Crippen molar-refractivity contribution in [1.29, 1.82) is 0 Å². The number of carbonyl (C=O) groups is 2. The van der Waals surface area contributed by atoms with Crippen LogP contribution in [0.1, 0.15) is 303 Å². The zero-order chi connectivity index (χ0) is 44.5. The first-order valence-corrected chi connectivity index (χ1v) is 27.4. The first-order chi connectivity index (χ1) is 30.0. The average molecular weight is 862 g/mol. The predicted octanol–water partition coefficient (Wildman–Crippen LogP) is 16.5. The number of aliphatic hydroxyl groups excluding tert-OH is 2. The molecule has 6 nitrogen and oxygen atoms in total. The highest BCUT2D eigenvalue weighted by molar-refractivity contribution is 5.77. The maximum absolute atomic E-state index is 13.2. The number of hydrogen-bond acceptors (Lipinski definition) is 5. The second-order valence-corrected chi connectivity index (χ2v) is 19.0. The van der Waals surface area contributed by atoms with Crippen LogP contribution < -0.4 is 5.32 Å². The number of hydrogen-bond donors (Lipinski definition) is 3. The van der Waals surface area contributed by atoms with Crippen molar-refractivity contribution in [2.75, 3.05) is 6.61 Å². The van der Waals surface area contributed by atoms with Crippen molar-refractivity contribution in [2.24, 2.45) is 0 Å². The Kier molecular flexibility index (Phi) is 48.5. The van der Waals surface area contributed by atoms with Crippen LogP contribution in [0.25, 0.3) is 0 Å². The molecule has 0 radical (unpaired) electrons. The van der Waals surface area contributed by atoms with Gasteiger partial charge in [-0.2, -0.15) is 0 Å². The number of rotatable bonds is 50. The third-order valence-electron chi connectivity index (χ3n) is 12.8. The van der Waals surface area contributed by atoms with Crippen LogP contribution in [0.4, 0.5) is 0 Å². The molecule has 3 atom stereocenters. The van der Waals surface area contributed by atoms with E-state index in [1.807, 2.05) is 0 Å². The zero-order valence-electron chi connectivity index (χ0n) is 41.3. The number of unbranched alkanes of at least 4 members (excludes halogenated alkanes) is 36. The highest BCUT2D eigenvalue weighted by Crippen LogP contribution is 2.18. The lowest BCUT2D eigenvalue weighted by atomic mass is 10.0. The summed E-state index contributed by atoms with van der Waals surface area (Å²) in [6.07, 6.45) is 55.6. The molecule has 0 aliphatic heterocycles. The van der Waals surface area contributed by atoms with Gasteiger partial charge >= 0.3 is 5.97 Å². The molecule has 0 bridgehead atoms. The molecule has 1 amide bonds. The Labute approximate surface area is 380 Å². The molecule has 0 rings (SSSR count). The summed E-state index contributed by atoms with van der Waals surface area (Å²) in [5.41, 5.74) is 0. The molecule has 0 saturated carbocycles. The number of esters is 1. The van der Waals surface area contributed by atoms with Gasteiger partial charge in [-0.1, -0.05) is 251 Å². The van der Waals surface area contributed by atoms with E-state index < -0.39 is 18.2 Å². The van der Waals surface area contributed by atoms with Crippen molar-refractivity contribution in [3.63, 3.8) is 0 Å². The molecule has 0 aromatic carbocycles. The molecule has 0 heterocycles. The van der Waals surface area contributed by atoms with Crippen molar-refractivity contribution in [1.82, 2.24) is 5.32 Å². The van der Waals surface area contributed by atoms with Crippen LogP contribution >= 0.6 is 0 Å². The summed E-state index contributed by atoms with van der Waals surface area (Å²) in [6, 6.07) is -0.700. The SMILES string of the molecule is CCCCCCCCCCC/C=C/CCCCCC(CC(=O)NC(CO)C(O)CCCCCCCCCCCCCCCCCC)OC(=O)CCCCCCCCCCCC. The second-order valence-electron chi connectivity index (χ2n) is 19.0. The number of allylic oxidation sites excluding steroid dienone is 2. The standard InChI is InChI=1S/C55H107NO5/c1-4-7-10-13-16-19-22-24-26-28-30-32-34-37-40-43-46-51(61-55(60)48-45-42-39-36-21-18-15-12-9-6-3)49-54(59)56-52(50-57)53(58)47-44-41-38-35-33-31-29-27-25-23-20-17-14-11-8-5-2/h30,32,51-53,57-58H,4-29,31,33-50H2,1-3H3,(H,56,59)/b32-30+.